The van der Waals surface area contributed by atoms with Crippen LogP contribution in [0.3, 0.4) is 0 Å². The van der Waals surface area contributed by atoms with Crippen molar-refractivity contribution in [2.75, 3.05) is 29.2 Å². The van der Waals surface area contributed by atoms with Gasteiger partial charge in [-0.1, -0.05) is 6.07 Å². The molecule has 3 nitrogen and oxygen atoms in total. The van der Waals surface area contributed by atoms with Crippen molar-refractivity contribution in [2.24, 2.45) is 0 Å². The molecule has 0 spiro atoms. The summed E-state index contributed by atoms with van der Waals surface area (Å²) in [6.45, 7) is 0. The Morgan fingerprint density at radius 1 is 1.57 bits per heavy atom. The van der Waals surface area contributed by atoms with Gasteiger partial charge in [0.1, 0.15) is 11.6 Å². The quantitative estimate of drug-likeness (QED) is 0.803. The maximum Gasteiger partial charge on any atom is 0.130 e. The monoisotopic (exact) mass is 209 g/mol. The van der Waals surface area contributed by atoms with Gasteiger partial charge in [0.15, 0.2) is 0 Å². The zero-order valence-corrected chi connectivity index (χ0v) is 9.13. The molecule has 14 heavy (non-hydrogen) atoms. The van der Waals surface area contributed by atoms with E-state index in [0.29, 0.717) is 11.9 Å². The minimum absolute atomic E-state index is 0.597. The maximum absolute atomic E-state index is 5.65. The van der Waals surface area contributed by atoms with E-state index >= 15 is 0 Å². The van der Waals surface area contributed by atoms with Gasteiger partial charge in [0, 0.05) is 18.8 Å². The summed E-state index contributed by atoms with van der Waals surface area (Å²) in [5, 5.41) is 0. The van der Waals surface area contributed by atoms with Crippen LogP contribution in [0, 0.1) is 0 Å². The number of nitrogen functional groups attached to an aromatic ring is 1. The van der Waals surface area contributed by atoms with Crippen molar-refractivity contribution >= 4 is 23.4 Å². The van der Waals surface area contributed by atoms with Crippen molar-refractivity contribution in [1.29, 1.82) is 0 Å². The van der Waals surface area contributed by atoms with Crippen molar-refractivity contribution in [2.45, 2.75) is 12.5 Å². The topological polar surface area (TPSA) is 42.1 Å². The van der Waals surface area contributed by atoms with Gasteiger partial charge < -0.3 is 10.6 Å². The summed E-state index contributed by atoms with van der Waals surface area (Å²) in [5.41, 5.74) is 5.65. The molecule has 2 N–H and O–H groups in total. The zero-order valence-electron chi connectivity index (χ0n) is 8.31. The number of hydrogen-bond acceptors (Lipinski definition) is 4. The second-order valence-electron chi connectivity index (χ2n) is 3.55. The highest BCUT2D eigenvalue weighted by Gasteiger charge is 2.20. The molecule has 0 amide bonds. The van der Waals surface area contributed by atoms with Crippen LogP contribution in [-0.2, 0) is 0 Å². The van der Waals surface area contributed by atoms with Crippen molar-refractivity contribution < 1.29 is 0 Å². The molecule has 1 atom stereocenters. The van der Waals surface area contributed by atoms with Gasteiger partial charge in [-0.25, -0.2) is 4.98 Å². The second kappa shape index (κ2) is 4.09. The minimum atomic E-state index is 0.597. The molecule has 0 aliphatic carbocycles. The molecule has 0 bridgehead atoms. The summed E-state index contributed by atoms with van der Waals surface area (Å²) < 4.78 is 0. The summed E-state index contributed by atoms with van der Waals surface area (Å²) in [5.74, 6) is 4.04. The van der Waals surface area contributed by atoms with Gasteiger partial charge in [0.2, 0.25) is 0 Å². The van der Waals surface area contributed by atoms with E-state index in [1.807, 2.05) is 30.0 Å². The van der Waals surface area contributed by atoms with E-state index < -0.39 is 0 Å². The standard InChI is InChI=1S/C10H15N3S/c1-13(8-5-6-14-7-8)10-4-2-3-9(11)12-10/h2-4,8H,5-7H2,1H3,(H2,11,12). The largest absolute Gasteiger partial charge is 0.384 e. The van der Waals surface area contributed by atoms with Crippen LogP contribution in [0.2, 0.25) is 0 Å². The Labute approximate surface area is 88.7 Å². The van der Waals surface area contributed by atoms with E-state index in [1.54, 1.807) is 0 Å². The summed E-state index contributed by atoms with van der Waals surface area (Å²) in [4.78, 5) is 6.54. The molecule has 0 radical (unpaired) electrons. The average molecular weight is 209 g/mol. The molecule has 1 aliphatic heterocycles. The molecular formula is C10H15N3S. The van der Waals surface area contributed by atoms with Gasteiger partial charge in [-0.15, -0.1) is 0 Å². The number of anilines is 2. The first-order chi connectivity index (χ1) is 6.77. The summed E-state index contributed by atoms with van der Waals surface area (Å²) in [7, 11) is 2.10. The number of thioether (sulfide) groups is 1. The average Bonchev–Trinajstić information content (AvgIpc) is 2.69. The van der Waals surface area contributed by atoms with Gasteiger partial charge in [0.05, 0.1) is 0 Å². The Bertz CT molecular complexity index is 310. The summed E-state index contributed by atoms with van der Waals surface area (Å²) in [6, 6.07) is 6.41. The van der Waals surface area contributed by atoms with Gasteiger partial charge in [-0.05, 0) is 24.3 Å². The Kier molecular flexibility index (Phi) is 2.82. The van der Waals surface area contributed by atoms with Crippen LogP contribution >= 0.6 is 11.8 Å². The van der Waals surface area contributed by atoms with Crippen molar-refractivity contribution in [3.05, 3.63) is 18.2 Å². The first-order valence-corrected chi connectivity index (χ1v) is 5.96. The predicted molar refractivity (Wildman–Crippen MR) is 62.8 cm³/mol. The minimum Gasteiger partial charge on any atom is -0.384 e. The molecule has 2 heterocycles. The molecule has 76 valence electrons. The lowest BCUT2D eigenvalue weighted by molar-refractivity contribution is 0.692. The van der Waals surface area contributed by atoms with Crippen LogP contribution < -0.4 is 10.6 Å². The molecule has 0 aromatic carbocycles. The molecular weight excluding hydrogens is 194 g/mol. The highest BCUT2D eigenvalue weighted by molar-refractivity contribution is 7.99. The fraction of sp³-hybridized carbons (Fsp3) is 0.500. The Morgan fingerprint density at radius 3 is 3.07 bits per heavy atom. The predicted octanol–water partition coefficient (Wildman–Crippen LogP) is 1.61. The number of rotatable bonds is 2. The fourth-order valence-electron chi connectivity index (χ4n) is 1.65. The molecule has 0 saturated carbocycles. The first kappa shape index (κ1) is 9.65. The molecule has 1 aromatic heterocycles. The smallest absolute Gasteiger partial charge is 0.130 e. The molecule has 4 heteroatoms. The maximum atomic E-state index is 5.65. The number of pyridine rings is 1. The third-order valence-electron chi connectivity index (χ3n) is 2.57. The Morgan fingerprint density at radius 2 is 2.43 bits per heavy atom. The number of nitrogens with two attached hydrogens (primary N) is 1. The first-order valence-electron chi connectivity index (χ1n) is 4.80. The van der Waals surface area contributed by atoms with E-state index in [2.05, 4.69) is 16.9 Å². The van der Waals surface area contributed by atoms with Crippen LogP contribution in [0.5, 0.6) is 0 Å². The van der Waals surface area contributed by atoms with E-state index in [1.165, 1.54) is 17.9 Å². The van der Waals surface area contributed by atoms with Crippen LogP contribution in [0.1, 0.15) is 6.42 Å². The van der Waals surface area contributed by atoms with E-state index in [-0.39, 0.29) is 0 Å². The fourth-order valence-corrected chi connectivity index (χ4v) is 2.92. The van der Waals surface area contributed by atoms with Crippen molar-refractivity contribution in [3.8, 4) is 0 Å². The molecule has 1 fully saturated rings. The van der Waals surface area contributed by atoms with Gasteiger partial charge in [0.25, 0.3) is 0 Å². The molecule has 1 aliphatic rings. The molecule has 1 aromatic rings. The van der Waals surface area contributed by atoms with Crippen molar-refractivity contribution in [1.82, 2.24) is 4.98 Å². The number of nitrogens with zero attached hydrogens (tertiary/aromatic N) is 2. The van der Waals surface area contributed by atoms with Crippen LogP contribution in [0.25, 0.3) is 0 Å². The third-order valence-corrected chi connectivity index (χ3v) is 3.72. The third kappa shape index (κ3) is 1.95. The van der Waals surface area contributed by atoms with Gasteiger partial charge in [-0.3, -0.25) is 0 Å². The lowest BCUT2D eigenvalue weighted by atomic mass is 10.2. The Balaban J connectivity index is 2.13. The Hall–Kier alpha value is -0.900. The second-order valence-corrected chi connectivity index (χ2v) is 4.70. The van der Waals surface area contributed by atoms with Crippen LogP contribution in [0.4, 0.5) is 11.6 Å². The molecule has 1 unspecified atom stereocenters. The van der Waals surface area contributed by atoms with E-state index in [4.69, 9.17) is 5.73 Å². The lowest BCUT2D eigenvalue weighted by Gasteiger charge is -2.24. The zero-order chi connectivity index (χ0) is 9.97. The van der Waals surface area contributed by atoms with Gasteiger partial charge in [-0.2, -0.15) is 11.8 Å². The van der Waals surface area contributed by atoms with Crippen LogP contribution in [-0.4, -0.2) is 29.6 Å². The number of hydrogen-bond donors (Lipinski definition) is 1. The SMILES string of the molecule is CN(c1cccc(N)n1)C1CCSC1. The molecule has 2 rings (SSSR count). The number of aromatic nitrogens is 1. The summed E-state index contributed by atoms with van der Waals surface area (Å²) in [6.07, 6.45) is 1.25. The lowest BCUT2D eigenvalue weighted by Crippen LogP contribution is -2.31. The highest BCUT2D eigenvalue weighted by atomic mass is 32.2. The van der Waals surface area contributed by atoms with E-state index in [0.717, 1.165) is 5.82 Å². The summed E-state index contributed by atoms with van der Waals surface area (Å²) >= 11 is 2.01. The normalized spacial score (nSPS) is 21.1. The van der Waals surface area contributed by atoms with Crippen molar-refractivity contribution in [3.63, 3.8) is 0 Å². The van der Waals surface area contributed by atoms with E-state index in [9.17, 15) is 0 Å². The van der Waals surface area contributed by atoms with Gasteiger partial charge >= 0.3 is 0 Å². The van der Waals surface area contributed by atoms with Crippen LogP contribution in [0.15, 0.2) is 18.2 Å². The highest BCUT2D eigenvalue weighted by Crippen LogP contribution is 2.24. The molecule has 1 saturated heterocycles.